The summed E-state index contributed by atoms with van der Waals surface area (Å²) >= 11 is 4.46. The third-order valence-electron chi connectivity index (χ3n) is 2.38. The molecule has 90 valence electrons. The van der Waals surface area contributed by atoms with E-state index < -0.39 is 0 Å². The molecule has 0 N–H and O–H groups in total. The maximum absolute atomic E-state index is 14.0. The summed E-state index contributed by atoms with van der Waals surface area (Å²) in [6.07, 6.45) is 0. The lowest BCUT2D eigenvalue weighted by atomic mass is 10.2. The molecule has 2 aromatic rings. The quantitative estimate of drug-likeness (QED) is 0.783. The Kier molecular flexibility index (Phi) is 4.05. The van der Waals surface area contributed by atoms with E-state index in [0.717, 1.165) is 10.5 Å². The molecule has 0 saturated heterocycles. The molecule has 0 amide bonds. The van der Waals surface area contributed by atoms with Crippen molar-refractivity contribution in [3.05, 3.63) is 57.8 Å². The molecule has 0 aliphatic carbocycles. The van der Waals surface area contributed by atoms with Gasteiger partial charge in [0, 0.05) is 9.79 Å². The van der Waals surface area contributed by atoms with Crippen LogP contribution in [0.2, 0.25) is 0 Å². The number of hydrogen-bond donors (Lipinski definition) is 0. The maximum Gasteiger partial charge on any atom is 0.152 e. The normalized spacial score (nSPS) is 10.1. The van der Waals surface area contributed by atoms with E-state index in [-0.39, 0.29) is 10.3 Å². The molecular weight excluding hydrogens is 313 g/mol. The van der Waals surface area contributed by atoms with Gasteiger partial charge in [0.2, 0.25) is 0 Å². The SMILES string of the molecule is Cc1cccc(Sc2ccc(C#N)c(Br)c2F)c1. The number of benzene rings is 2. The van der Waals surface area contributed by atoms with E-state index >= 15 is 0 Å². The van der Waals surface area contributed by atoms with Crippen molar-refractivity contribution < 1.29 is 4.39 Å². The summed E-state index contributed by atoms with van der Waals surface area (Å²) < 4.78 is 14.2. The van der Waals surface area contributed by atoms with Crippen molar-refractivity contribution in [3.63, 3.8) is 0 Å². The largest absolute Gasteiger partial charge is 0.204 e. The first kappa shape index (κ1) is 13.1. The Hall–Kier alpha value is -1.31. The molecule has 0 atom stereocenters. The van der Waals surface area contributed by atoms with Gasteiger partial charge in [0.25, 0.3) is 0 Å². The first-order chi connectivity index (χ1) is 8.61. The molecule has 2 rings (SSSR count). The van der Waals surface area contributed by atoms with Crippen LogP contribution in [0.3, 0.4) is 0 Å². The summed E-state index contributed by atoms with van der Waals surface area (Å²) in [7, 11) is 0. The zero-order chi connectivity index (χ0) is 13.1. The fourth-order valence-corrected chi connectivity index (χ4v) is 3.04. The van der Waals surface area contributed by atoms with Crippen LogP contribution in [-0.4, -0.2) is 0 Å². The summed E-state index contributed by atoms with van der Waals surface area (Å²) in [5.74, 6) is -0.388. The van der Waals surface area contributed by atoms with Gasteiger partial charge < -0.3 is 0 Å². The Morgan fingerprint density at radius 2 is 2.06 bits per heavy atom. The van der Waals surface area contributed by atoms with E-state index in [2.05, 4.69) is 15.9 Å². The Labute approximate surface area is 118 Å². The van der Waals surface area contributed by atoms with Crippen molar-refractivity contribution in [2.75, 3.05) is 0 Å². The molecule has 0 bridgehead atoms. The molecule has 0 fully saturated rings. The number of aryl methyl sites for hydroxylation is 1. The van der Waals surface area contributed by atoms with Crippen molar-refractivity contribution in [1.82, 2.24) is 0 Å². The van der Waals surface area contributed by atoms with Gasteiger partial charge >= 0.3 is 0 Å². The van der Waals surface area contributed by atoms with E-state index in [1.54, 1.807) is 12.1 Å². The van der Waals surface area contributed by atoms with Gasteiger partial charge in [-0.15, -0.1) is 0 Å². The van der Waals surface area contributed by atoms with Gasteiger partial charge in [0.05, 0.1) is 10.0 Å². The molecule has 4 heteroatoms. The van der Waals surface area contributed by atoms with Crippen LogP contribution in [0.1, 0.15) is 11.1 Å². The highest BCUT2D eigenvalue weighted by molar-refractivity contribution is 9.10. The second-order valence-corrected chi connectivity index (χ2v) is 5.68. The Morgan fingerprint density at radius 3 is 2.72 bits per heavy atom. The summed E-state index contributed by atoms with van der Waals surface area (Å²) in [5.41, 5.74) is 1.44. The standard InChI is InChI=1S/C14H9BrFNS/c1-9-3-2-4-11(7-9)18-12-6-5-10(8-17)13(15)14(12)16/h2-7H,1H3. The van der Waals surface area contributed by atoms with E-state index in [0.29, 0.717) is 10.5 Å². The van der Waals surface area contributed by atoms with E-state index in [1.165, 1.54) is 11.8 Å². The van der Waals surface area contributed by atoms with E-state index in [9.17, 15) is 4.39 Å². The van der Waals surface area contributed by atoms with Crippen LogP contribution in [0.25, 0.3) is 0 Å². The Morgan fingerprint density at radius 1 is 1.28 bits per heavy atom. The lowest BCUT2D eigenvalue weighted by Crippen LogP contribution is -1.87. The van der Waals surface area contributed by atoms with Crippen LogP contribution >= 0.6 is 27.7 Å². The second kappa shape index (κ2) is 5.55. The minimum Gasteiger partial charge on any atom is -0.204 e. The fourth-order valence-electron chi connectivity index (χ4n) is 1.50. The molecule has 0 spiro atoms. The molecule has 0 unspecified atom stereocenters. The van der Waals surface area contributed by atoms with Crippen molar-refractivity contribution >= 4 is 27.7 Å². The predicted octanol–water partition coefficient (Wildman–Crippen LogP) is 4.92. The van der Waals surface area contributed by atoms with Gasteiger partial charge in [0.1, 0.15) is 6.07 Å². The molecule has 0 radical (unpaired) electrons. The van der Waals surface area contributed by atoms with Gasteiger partial charge in [-0.1, -0.05) is 29.5 Å². The van der Waals surface area contributed by atoms with Gasteiger partial charge in [-0.2, -0.15) is 5.26 Å². The highest BCUT2D eigenvalue weighted by atomic mass is 79.9. The van der Waals surface area contributed by atoms with Crippen LogP contribution in [0, 0.1) is 24.1 Å². The first-order valence-corrected chi connectivity index (χ1v) is 6.85. The average molecular weight is 322 g/mol. The van der Waals surface area contributed by atoms with Crippen molar-refractivity contribution in [2.24, 2.45) is 0 Å². The molecule has 1 nitrogen and oxygen atoms in total. The van der Waals surface area contributed by atoms with Crippen LogP contribution in [0.4, 0.5) is 4.39 Å². The minimum atomic E-state index is -0.388. The van der Waals surface area contributed by atoms with Crippen molar-refractivity contribution in [3.8, 4) is 6.07 Å². The highest BCUT2D eigenvalue weighted by Gasteiger charge is 2.12. The molecular formula is C14H9BrFNS. The maximum atomic E-state index is 14.0. The van der Waals surface area contributed by atoms with Crippen molar-refractivity contribution in [1.29, 1.82) is 5.26 Å². The molecule has 0 saturated carbocycles. The van der Waals surface area contributed by atoms with Crippen LogP contribution in [0.5, 0.6) is 0 Å². The third kappa shape index (κ3) is 2.74. The van der Waals surface area contributed by atoms with E-state index in [4.69, 9.17) is 5.26 Å². The molecule has 0 aromatic heterocycles. The Bertz CT molecular complexity index is 634. The van der Waals surface area contributed by atoms with Gasteiger partial charge in [-0.25, -0.2) is 4.39 Å². The van der Waals surface area contributed by atoms with Gasteiger partial charge in [0.15, 0.2) is 5.82 Å². The number of nitriles is 1. The average Bonchev–Trinajstić information content (AvgIpc) is 2.35. The predicted molar refractivity (Wildman–Crippen MR) is 74.1 cm³/mol. The summed E-state index contributed by atoms with van der Waals surface area (Å²) in [6, 6.07) is 13.1. The number of rotatable bonds is 2. The number of hydrogen-bond acceptors (Lipinski definition) is 2. The van der Waals surface area contributed by atoms with Gasteiger partial charge in [-0.3, -0.25) is 0 Å². The molecule has 0 heterocycles. The molecule has 0 aliphatic heterocycles. The second-order valence-electron chi connectivity index (χ2n) is 3.77. The van der Waals surface area contributed by atoms with Crippen LogP contribution in [-0.2, 0) is 0 Å². The lowest BCUT2D eigenvalue weighted by molar-refractivity contribution is 0.594. The van der Waals surface area contributed by atoms with Gasteiger partial charge in [-0.05, 0) is 47.1 Å². The minimum absolute atomic E-state index is 0.225. The molecule has 0 aliphatic rings. The number of nitrogens with zero attached hydrogens (tertiary/aromatic N) is 1. The smallest absolute Gasteiger partial charge is 0.152 e. The number of halogens is 2. The lowest BCUT2D eigenvalue weighted by Gasteiger charge is -2.06. The fraction of sp³-hybridized carbons (Fsp3) is 0.0714. The topological polar surface area (TPSA) is 23.8 Å². The van der Waals surface area contributed by atoms with Crippen LogP contribution in [0.15, 0.2) is 50.7 Å². The first-order valence-electron chi connectivity index (χ1n) is 5.24. The molecule has 2 aromatic carbocycles. The summed E-state index contributed by atoms with van der Waals surface area (Å²) in [6.45, 7) is 2.00. The zero-order valence-corrected chi connectivity index (χ0v) is 12.0. The monoisotopic (exact) mass is 321 g/mol. The summed E-state index contributed by atoms with van der Waals surface area (Å²) in [4.78, 5) is 1.48. The Balaban J connectivity index is 2.36. The highest BCUT2D eigenvalue weighted by Crippen LogP contribution is 2.34. The zero-order valence-electron chi connectivity index (χ0n) is 9.58. The molecule has 18 heavy (non-hydrogen) atoms. The van der Waals surface area contributed by atoms with E-state index in [1.807, 2.05) is 37.3 Å². The third-order valence-corrected chi connectivity index (χ3v) is 4.18. The summed E-state index contributed by atoms with van der Waals surface area (Å²) in [5, 5.41) is 8.81. The van der Waals surface area contributed by atoms with Crippen LogP contribution < -0.4 is 0 Å². The van der Waals surface area contributed by atoms with Crippen molar-refractivity contribution in [2.45, 2.75) is 16.7 Å².